The monoisotopic (exact) mass is 440 g/mol. The Balaban J connectivity index is 1.50. The molecule has 9 heteroatoms. The van der Waals surface area contributed by atoms with E-state index in [0.717, 1.165) is 21.3 Å². The van der Waals surface area contributed by atoms with Crippen molar-refractivity contribution in [2.24, 2.45) is 0 Å². The molecule has 0 atom stereocenters. The molecule has 0 spiro atoms. The van der Waals surface area contributed by atoms with E-state index in [9.17, 15) is 4.79 Å². The largest absolute Gasteiger partial charge is 0.301 e. The van der Waals surface area contributed by atoms with E-state index < -0.39 is 0 Å². The van der Waals surface area contributed by atoms with Crippen molar-refractivity contribution in [2.45, 2.75) is 52.1 Å². The minimum Gasteiger partial charge on any atom is -0.301 e. The number of hydrogen-bond acceptors (Lipinski definition) is 7. The molecule has 4 rings (SSSR count). The molecule has 30 heavy (non-hydrogen) atoms. The average Bonchev–Trinajstić information content (AvgIpc) is 3.29. The van der Waals surface area contributed by atoms with Gasteiger partial charge in [-0.25, -0.2) is 0 Å². The highest BCUT2D eigenvalue weighted by Crippen LogP contribution is 2.29. The Labute approximate surface area is 183 Å². The molecule has 156 valence electrons. The molecule has 1 N–H and O–H groups in total. The van der Waals surface area contributed by atoms with Crippen LogP contribution < -0.4 is 5.32 Å². The Morgan fingerprint density at radius 1 is 1.10 bits per heavy atom. The number of nitrogens with one attached hydrogen (secondary N) is 1. The molecule has 0 saturated carbocycles. The summed E-state index contributed by atoms with van der Waals surface area (Å²) in [4.78, 5) is 12.3. The van der Waals surface area contributed by atoms with Crippen LogP contribution in [0.4, 0.5) is 5.13 Å². The smallest absolute Gasteiger partial charge is 0.227 e. The third-order valence-electron chi connectivity index (χ3n) is 4.84. The Kier molecular flexibility index (Phi) is 5.75. The zero-order valence-electron chi connectivity index (χ0n) is 17.7. The predicted molar refractivity (Wildman–Crippen MR) is 123 cm³/mol. The summed E-state index contributed by atoms with van der Waals surface area (Å²) < 4.78 is 2.10. The van der Waals surface area contributed by atoms with Crippen molar-refractivity contribution in [1.29, 1.82) is 0 Å². The maximum Gasteiger partial charge on any atom is 0.227 e. The van der Waals surface area contributed by atoms with Crippen molar-refractivity contribution < 1.29 is 4.79 Å². The summed E-state index contributed by atoms with van der Waals surface area (Å²) in [6.07, 6.45) is 0.359. The minimum absolute atomic E-state index is 0.0738. The van der Waals surface area contributed by atoms with Gasteiger partial charge >= 0.3 is 0 Å². The van der Waals surface area contributed by atoms with Crippen LogP contribution in [0.25, 0.3) is 16.6 Å². The lowest BCUT2D eigenvalue weighted by atomic mass is 10.0. The van der Waals surface area contributed by atoms with Gasteiger partial charge in [-0.3, -0.25) is 9.20 Å². The summed E-state index contributed by atoms with van der Waals surface area (Å²) in [5, 5.41) is 23.2. The van der Waals surface area contributed by atoms with E-state index in [1.165, 1.54) is 45.2 Å². The van der Waals surface area contributed by atoms with Crippen molar-refractivity contribution in [3.8, 4) is 0 Å². The normalized spacial score (nSPS) is 11.7. The number of fused-ring (bicyclic) bond motifs is 3. The molecule has 1 aromatic carbocycles. The number of hydrogen-bond donors (Lipinski definition) is 1. The van der Waals surface area contributed by atoms with E-state index in [-0.39, 0.29) is 5.91 Å². The molecule has 0 radical (unpaired) electrons. The SMILES string of the molecule is Cc1cc(C)c2c(c1)c(C)cc1nnc(SCCC(=O)Nc3nnc(C(C)C)s3)n12. The number of nitrogens with zero attached hydrogens (tertiary/aromatic N) is 5. The molecule has 3 heterocycles. The second kappa shape index (κ2) is 8.31. The summed E-state index contributed by atoms with van der Waals surface area (Å²) in [5.74, 6) is 0.828. The topological polar surface area (TPSA) is 85.1 Å². The first-order valence-electron chi connectivity index (χ1n) is 9.85. The predicted octanol–water partition coefficient (Wildman–Crippen LogP) is 4.90. The standard InChI is InChI=1S/C21H24N6OS2/c1-11(2)19-24-25-20(30-19)22-17(28)6-7-29-21-26-23-16-10-13(4)15-9-12(3)8-14(5)18(15)27(16)21/h8-11H,6-7H2,1-5H3,(H,22,25,28). The van der Waals surface area contributed by atoms with Gasteiger partial charge in [0.2, 0.25) is 11.0 Å². The molecular weight excluding hydrogens is 416 g/mol. The molecule has 0 aliphatic carbocycles. The molecule has 0 aliphatic rings. The summed E-state index contributed by atoms with van der Waals surface area (Å²) >= 11 is 2.96. The van der Waals surface area contributed by atoms with Crippen molar-refractivity contribution in [3.05, 3.63) is 39.9 Å². The maximum atomic E-state index is 12.3. The number of thioether (sulfide) groups is 1. The van der Waals surface area contributed by atoms with E-state index >= 15 is 0 Å². The van der Waals surface area contributed by atoms with Crippen LogP contribution in [0, 0.1) is 20.8 Å². The molecule has 0 unspecified atom stereocenters. The molecule has 0 fully saturated rings. The van der Waals surface area contributed by atoms with Crippen LogP contribution in [0.1, 0.15) is 47.9 Å². The van der Waals surface area contributed by atoms with Gasteiger partial charge in [-0.1, -0.05) is 48.6 Å². The first kappa shape index (κ1) is 20.7. The van der Waals surface area contributed by atoms with E-state index in [0.29, 0.717) is 23.2 Å². The summed E-state index contributed by atoms with van der Waals surface area (Å²) in [6, 6.07) is 6.44. The number of pyridine rings is 1. The van der Waals surface area contributed by atoms with Crippen LogP contribution in [0.15, 0.2) is 23.4 Å². The lowest BCUT2D eigenvalue weighted by Gasteiger charge is -2.11. The molecular formula is C21H24N6OS2. The van der Waals surface area contributed by atoms with E-state index in [1.54, 1.807) is 0 Å². The first-order valence-corrected chi connectivity index (χ1v) is 11.7. The minimum atomic E-state index is -0.0738. The highest BCUT2D eigenvalue weighted by atomic mass is 32.2. The Bertz CT molecular complexity index is 1240. The molecule has 7 nitrogen and oxygen atoms in total. The van der Waals surface area contributed by atoms with Crippen LogP contribution in [0.3, 0.4) is 0 Å². The second-order valence-electron chi connectivity index (χ2n) is 7.73. The van der Waals surface area contributed by atoms with Crippen LogP contribution in [-0.2, 0) is 4.79 Å². The highest BCUT2D eigenvalue weighted by molar-refractivity contribution is 7.99. The van der Waals surface area contributed by atoms with Gasteiger partial charge in [0, 0.05) is 23.5 Å². The zero-order valence-corrected chi connectivity index (χ0v) is 19.3. The van der Waals surface area contributed by atoms with Gasteiger partial charge in [0.25, 0.3) is 0 Å². The van der Waals surface area contributed by atoms with E-state index in [1.807, 2.05) is 0 Å². The van der Waals surface area contributed by atoms with Gasteiger partial charge in [0.05, 0.1) is 5.52 Å². The lowest BCUT2D eigenvalue weighted by molar-refractivity contribution is -0.115. The molecule has 0 aliphatic heterocycles. The van der Waals surface area contributed by atoms with Crippen molar-refractivity contribution >= 4 is 50.7 Å². The average molecular weight is 441 g/mol. The number of rotatable bonds is 6. The van der Waals surface area contributed by atoms with Crippen LogP contribution >= 0.6 is 23.1 Å². The fourth-order valence-electron chi connectivity index (χ4n) is 3.44. The van der Waals surface area contributed by atoms with Crippen LogP contribution in [-0.4, -0.2) is 36.5 Å². The lowest BCUT2D eigenvalue weighted by Crippen LogP contribution is -2.12. The molecule has 3 aromatic heterocycles. The first-order chi connectivity index (χ1) is 14.3. The molecule has 0 saturated heterocycles. The Morgan fingerprint density at radius 2 is 1.90 bits per heavy atom. The van der Waals surface area contributed by atoms with Crippen molar-refractivity contribution in [3.63, 3.8) is 0 Å². The molecule has 1 amide bonds. The van der Waals surface area contributed by atoms with Crippen LogP contribution in [0.2, 0.25) is 0 Å². The number of benzene rings is 1. The number of amides is 1. The van der Waals surface area contributed by atoms with Gasteiger partial charge in [-0.05, 0) is 44.0 Å². The Morgan fingerprint density at radius 3 is 2.63 bits per heavy atom. The number of aryl methyl sites for hydroxylation is 3. The third-order valence-corrected chi connectivity index (χ3v) is 6.91. The molecule has 4 aromatic rings. The Hall–Kier alpha value is -2.52. The summed E-state index contributed by atoms with van der Waals surface area (Å²) in [7, 11) is 0. The second-order valence-corrected chi connectivity index (χ2v) is 9.80. The van der Waals surface area contributed by atoms with E-state index in [2.05, 4.69) is 82.9 Å². The summed E-state index contributed by atoms with van der Waals surface area (Å²) in [5.41, 5.74) is 5.57. The van der Waals surface area contributed by atoms with Gasteiger partial charge in [-0.15, -0.1) is 20.4 Å². The summed E-state index contributed by atoms with van der Waals surface area (Å²) in [6.45, 7) is 10.4. The highest BCUT2D eigenvalue weighted by Gasteiger charge is 2.15. The number of carbonyl (C=O) groups excluding carboxylic acids is 1. The van der Waals surface area contributed by atoms with Gasteiger partial charge in [0.15, 0.2) is 10.8 Å². The zero-order chi connectivity index (χ0) is 21.4. The van der Waals surface area contributed by atoms with Crippen molar-refractivity contribution in [1.82, 2.24) is 24.8 Å². The number of aromatic nitrogens is 5. The van der Waals surface area contributed by atoms with Gasteiger partial charge in [0.1, 0.15) is 5.01 Å². The fraction of sp³-hybridized carbons (Fsp3) is 0.381. The number of anilines is 1. The molecule has 0 bridgehead atoms. The van der Waals surface area contributed by atoms with Crippen LogP contribution in [0.5, 0.6) is 0 Å². The van der Waals surface area contributed by atoms with Crippen molar-refractivity contribution in [2.75, 3.05) is 11.1 Å². The third kappa shape index (κ3) is 4.04. The maximum absolute atomic E-state index is 12.3. The quantitative estimate of drug-likeness (QED) is 0.429. The van der Waals surface area contributed by atoms with Gasteiger partial charge < -0.3 is 5.32 Å². The van der Waals surface area contributed by atoms with Gasteiger partial charge in [-0.2, -0.15) is 0 Å². The fourth-order valence-corrected chi connectivity index (χ4v) is 5.09. The van der Waals surface area contributed by atoms with E-state index in [4.69, 9.17) is 0 Å². The number of carbonyl (C=O) groups is 1.